The maximum atomic E-state index is 11.7. The molecule has 2 heterocycles. The topological polar surface area (TPSA) is 84.2 Å². The largest absolute Gasteiger partial charge is 0.755 e. The van der Waals surface area contributed by atoms with Crippen LogP contribution in [0.15, 0.2) is 36.8 Å². The Labute approximate surface area is 106 Å². The minimum atomic E-state index is -2.57. The summed E-state index contributed by atoms with van der Waals surface area (Å²) >= 11 is -2.57. The van der Waals surface area contributed by atoms with Crippen molar-refractivity contribution in [2.24, 2.45) is 0 Å². The molecule has 94 valence electrons. The summed E-state index contributed by atoms with van der Waals surface area (Å²) in [5, 5.41) is 0. The van der Waals surface area contributed by atoms with Crippen molar-refractivity contribution in [1.82, 2.24) is 8.96 Å². The quantitative estimate of drug-likeness (QED) is 0.610. The average molecular weight is 265 g/mol. The van der Waals surface area contributed by atoms with Crippen molar-refractivity contribution < 1.29 is 18.3 Å². The van der Waals surface area contributed by atoms with Gasteiger partial charge in [0.1, 0.15) is 5.69 Å². The fourth-order valence-corrected chi connectivity index (χ4v) is 2.08. The molecule has 2 aromatic heterocycles. The lowest BCUT2D eigenvalue weighted by atomic mass is 10.1. The normalized spacial score (nSPS) is 12.1. The van der Waals surface area contributed by atoms with Crippen molar-refractivity contribution in [3.63, 3.8) is 0 Å². The van der Waals surface area contributed by atoms with Gasteiger partial charge in [-0.2, -0.15) is 0 Å². The van der Waals surface area contributed by atoms with E-state index in [0.29, 0.717) is 11.1 Å². The van der Waals surface area contributed by atoms with E-state index in [-0.39, 0.29) is 5.69 Å². The van der Waals surface area contributed by atoms with Crippen molar-refractivity contribution in [3.8, 4) is 11.1 Å². The molecule has 0 N–H and O–H groups in total. The molecule has 6 nitrogen and oxygen atoms in total. The lowest BCUT2D eigenvalue weighted by molar-refractivity contribution is 0.0593. The van der Waals surface area contributed by atoms with Crippen LogP contribution in [-0.2, 0) is 16.0 Å². The molecule has 0 aliphatic heterocycles. The molecule has 1 unspecified atom stereocenters. The summed E-state index contributed by atoms with van der Waals surface area (Å²) in [6.45, 7) is 0. The van der Waals surface area contributed by atoms with Gasteiger partial charge in [0, 0.05) is 24.2 Å². The summed E-state index contributed by atoms with van der Waals surface area (Å²) in [4.78, 5) is 15.5. The zero-order valence-electron chi connectivity index (χ0n) is 9.40. The SMILES string of the molecule is COC(=O)c1c(-c2ccncc2)ccn1S(=O)[O-]. The summed E-state index contributed by atoms with van der Waals surface area (Å²) in [6.07, 6.45) is 4.41. The number of ether oxygens (including phenoxy) is 1. The maximum absolute atomic E-state index is 11.7. The summed E-state index contributed by atoms with van der Waals surface area (Å²) < 4.78 is 27.5. The first-order valence-electron chi connectivity index (χ1n) is 4.95. The minimum absolute atomic E-state index is 0.0305. The maximum Gasteiger partial charge on any atom is 0.356 e. The molecule has 18 heavy (non-hydrogen) atoms. The van der Waals surface area contributed by atoms with E-state index >= 15 is 0 Å². The first-order chi connectivity index (χ1) is 8.65. The number of methoxy groups -OCH3 is 1. The number of carbonyl (C=O) groups excluding carboxylic acids is 1. The Balaban J connectivity index is 2.62. The van der Waals surface area contributed by atoms with Crippen molar-refractivity contribution in [1.29, 1.82) is 0 Å². The number of hydrogen-bond acceptors (Lipinski definition) is 5. The lowest BCUT2D eigenvalue weighted by Crippen LogP contribution is -2.13. The van der Waals surface area contributed by atoms with Gasteiger partial charge >= 0.3 is 5.97 Å². The fourth-order valence-electron chi connectivity index (χ4n) is 1.60. The Kier molecular flexibility index (Phi) is 3.54. The highest BCUT2D eigenvalue weighted by Crippen LogP contribution is 2.25. The molecule has 0 radical (unpaired) electrons. The van der Waals surface area contributed by atoms with Gasteiger partial charge < -0.3 is 9.29 Å². The van der Waals surface area contributed by atoms with E-state index in [1.54, 1.807) is 24.5 Å². The molecule has 0 bridgehead atoms. The third-order valence-electron chi connectivity index (χ3n) is 2.38. The van der Waals surface area contributed by atoms with Gasteiger partial charge in [-0.3, -0.25) is 13.2 Å². The Hall–Kier alpha value is -1.99. The zero-order valence-corrected chi connectivity index (χ0v) is 10.2. The molecular formula is C11H9N2O4S-. The summed E-state index contributed by atoms with van der Waals surface area (Å²) in [5.74, 6) is -0.712. The van der Waals surface area contributed by atoms with Crippen molar-refractivity contribution >= 4 is 17.2 Å². The molecule has 0 amide bonds. The highest BCUT2D eigenvalue weighted by molar-refractivity contribution is 7.77. The monoisotopic (exact) mass is 265 g/mol. The van der Waals surface area contributed by atoms with E-state index < -0.39 is 17.2 Å². The van der Waals surface area contributed by atoms with Gasteiger partial charge in [0.15, 0.2) is 0 Å². The Morgan fingerprint density at radius 2 is 2.06 bits per heavy atom. The van der Waals surface area contributed by atoms with E-state index in [4.69, 9.17) is 0 Å². The number of hydrogen-bond donors (Lipinski definition) is 0. The number of nitrogens with zero attached hydrogens (tertiary/aromatic N) is 2. The Bertz CT molecular complexity index is 594. The van der Waals surface area contributed by atoms with Crippen LogP contribution in [0, 0.1) is 0 Å². The van der Waals surface area contributed by atoms with Gasteiger partial charge in [0.2, 0.25) is 0 Å². The molecule has 0 aliphatic carbocycles. The van der Waals surface area contributed by atoms with Crippen LogP contribution in [0.5, 0.6) is 0 Å². The van der Waals surface area contributed by atoms with Crippen LogP contribution in [0.25, 0.3) is 11.1 Å². The number of pyridine rings is 1. The molecular weight excluding hydrogens is 256 g/mol. The number of aromatic nitrogens is 2. The fraction of sp³-hybridized carbons (Fsp3) is 0.0909. The molecule has 0 fully saturated rings. The molecule has 0 spiro atoms. The van der Waals surface area contributed by atoms with E-state index in [1.807, 2.05) is 0 Å². The second-order valence-corrected chi connectivity index (χ2v) is 4.18. The Morgan fingerprint density at radius 3 is 2.61 bits per heavy atom. The molecule has 0 saturated carbocycles. The molecule has 0 saturated heterocycles. The van der Waals surface area contributed by atoms with E-state index in [2.05, 4.69) is 9.72 Å². The van der Waals surface area contributed by atoms with Crippen LogP contribution >= 0.6 is 0 Å². The molecule has 0 aromatic carbocycles. The summed E-state index contributed by atoms with van der Waals surface area (Å²) in [7, 11) is 1.20. The molecule has 7 heteroatoms. The van der Waals surface area contributed by atoms with Gasteiger partial charge in [0.05, 0.1) is 18.4 Å². The third-order valence-corrected chi connectivity index (χ3v) is 3.01. The van der Waals surface area contributed by atoms with Crippen LogP contribution in [0.1, 0.15) is 10.5 Å². The summed E-state index contributed by atoms with van der Waals surface area (Å²) in [5.41, 5.74) is 1.14. The minimum Gasteiger partial charge on any atom is -0.755 e. The first kappa shape index (κ1) is 12.5. The molecule has 0 aliphatic rings. The molecule has 2 aromatic rings. The molecule has 2 rings (SSSR count). The second-order valence-electron chi connectivity index (χ2n) is 3.35. The lowest BCUT2D eigenvalue weighted by Gasteiger charge is -2.11. The van der Waals surface area contributed by atoms with Gasteiger partial charge in [-0.1, -0.05) is 0 Å². The Morgan fingerprint density at radius 1 is 1.39 bits per heavy atom. The smallest absolute Gasteiger partial charge is 0.356 e. The highest BCUT2D eigenvalue weighted by atomic mass is 32.2. The second kappa shape index (κ2) is 5.11. The molecule has 1 atom stereocenters. The van der Waals surface area contributed by atoms with Crippen molar-refractivity contribution in [2.45, 2.75) is 0 Å². The van der Waals surface area contributed by atoms with Gasteiger partial charge in [-0.15, -0.1) is 0 Å². The first-order valence-corrected chi connectivity index (χ1v) is 5.98. The van der Waals surface area contributed by atoms with Crippen molar-refractivity contribution in [3.05, 3.63) is 42.5 Å². The summed E-state index contributed by atoms with van der Waals surface area (Å²) in [6, 6.07) is 4.90. The number of esters is 1. The van der Waals surface area contributed by atoms with Crippen LogP contribution in [0.2, 0.25) is 0 Å². The van der Waals surface area contributed by atoms with E-state index in [0.717, 1.165) is 3.97 Å². The standard InChI is InChI=1S/C11H10N2O4S/c1-17-11(14)10-9(4-7-13(10)18(15)16)8-2-5-12-6-3-8/h2-7H,1H3,(H,15,16)/p-1. The van der Waals surface area contributed by atoms with E-state index in [1.165, 1.54) is 19.4 Å². The predicted molar refractivity (Wildman–Crippen MR) is 63.3 cm³/mol. The van der Waals surface area contributed by atoms with Gasteiger partial charge in [-0.05, 0) is 23.8 Å². The van der Waals surface area contributed by atoms with Crippen LogP contribution in [0.3, 0.4) is 0 Å². The van der Waals surface area contributed by atoms with Crippen LogP contribution < -0.4 is 0 Å². The predicted octanol–water partition coefficient (Wildman–Crippen LogP) is 0.979. The number of rotatable bonds is 3. The zero-order chi connectivity index (χ0) is 13.1. The van der Waals surface area contributed by atoms with Gasteiger partial charge in [0.25, 0.3) is 0 Å². The van der Waals surface area contributed by atoms with Gasteiger partial charge in [-0.25, -0.2) is 4.79 Å². The highest BCUT2D eigenvalue weighted by Gasteiger charge is 2.19. The van der Waals surface area contributed by atoms with Crippen LogP contribution in [-0.4, -0.2) is 30.8 Å². The number of carbonyl (C=O) groups is 1. The van der Waals surface area contributed by atoms with Crippen molar-refractivity contribution in [2.75, 3.05) is 7.11 Å². The average Bonchev–Trinajstić information content (AvgIpc) is 2.83. The van der Waals surface area contributed by atoms with Crippen LogP contribution in [0.4, 0.5) is 0 Å². The van der Waals surface area contributed by atoms with E-state index in [9.17, 15) is 13.6 Å². The third kappa shape index (κ3) is 2.18.